The Morgan fingerprint density at radius 2 is 1.72 bits per heavy atom. The predicted molar refractivity (Wildman–Crippen MR) is 114 cm³/mol. The third-order valence-electron chi connectivity index (χ3n) is 5.64. The van der Waals surface area contributed by atoms with Gasteiger partial charge in [-0.15, -0.1) is 0 Å². The van der Waals surface area contributed by atoms with Crippen molar-refractivity contribution in [3.8, 4) is 11.5 Å². The third-order valence-corrected chi connectivity index (χ3v) is 5.64. The minimum absolute atomic E-state index is 0.0472. The number of halogens is 3. The molecule has 0 atom stereocenters. The summed E-state index contributed by atoms with van der Waals surface area (Å²) in [5.74, 6) is 0.296. The molecule has 4 rings (SSSR count). The third kappa shape index (κ3) is 4.99. The molecule has 1 aliphatic rings. The van der Waals surface area contributed by atoms with Crippen molar-refractivity contribution in [2.24, 2.45) is 7.05 Å². The minimum Gasteiger partial charge on any atom is -0.508 e. The van der Waals surface area contributed by atoms with E-state index in [9.17, 15) is 23.1 Å². The topological polar surface area (TPSA) is 57.9 Å². The molecular formula is C23H24F3N3O3. The van der Waals surface area contributed by atoms with Gasteiger partial charge in [-0.3, -0.25) is 9.69 Å². The maximum atomic E-state index is 13.0. The Hall–Kier alpha value is -3.20. The first kappa shape index (κ1) is 22.0. The highest BCUT2D eigenvalue weighted by atomic mass is 19.4. The van der Waals surface area contributed by atoms with Crippen LogP contribution in [0.1, 0.15) is 16.1 Å². The van der Waals surface area contributed by atoms with E-state index < -0.39 is 12.8 Å². The summed E-state index contributed by atoms with van der Waals surface area (Å²) in [5.41, 5.74) is 2.35. The lowest BCUT2D eigenvalue weighted by molar-refractivity contribution is -0.153. The number of phenols is 1. The van der Waals surface area contributed by atoms with Crippen molar-refractivity contribution in [2.45, 2.75) is 12.7 Å². The number of aryl methyl sites for hydroxylation is 1. The molecule has 0 aliphatic carbocycles. The number of rotatable bonds is 5. The number of phenolic OH excluding ortho intramolecular Hbond substituents is 1. The number of carbonyl (C=O) groups excluding carboxylic acids is 1. The summed E-state index contributed by atoms with van der Waals surface area (Å²) >= 11 is 0. The second-order valence-electron chi connectivity index (χ2n) is 7.95. The first-order valence-electron chi connectivity index (χ1n) is 10.3. The number of ether oxygens (including phenoxy) is 1. The number of aromatic hydroxyl groups is 1. The number of amides is 1. The van der Waals surface area contributed by atoms with Crippen LogP contribution in [0.15, 0.2) is 48.5 Å². The zero-order chi connectivity index (χ0) is 22.9. The summed E-state index contributed by atoms with van der Waals surface area (Å²) in [6, 6.07) is 13.5. The zero-order valence-corrected chi connectivity index (χ0v) is 17.6. The van der Waals surface area contributed by atoms with Crippen molar-refractivity contribution < 1.29 is 27.8 Å². The van der Waals surface area contributed by atoms with Gasteiger partial charge in [-0.05, 0) is 35.9 Å². The van der Waals surface area contributed by atoms with Crippen molar-refractivity contribution in [3.63, 3.8) is 0 Å². The van der Waals surface area contributed by atoms with Gasteiger partial charge in [0.25, 0.3) is 5.91 Å². The molecule has 9 heteroatoms. The van der Waals surface area contributed by atoms with E-state index in [4.69, 9.17) is 4.74 Å². The van der Waals surface area contributed by atoms with Crippen molar-refractivity contribution in [2.75, 3.05) is 32.8 Å². The number of carbonyl (C=O) groups is 1. The van der Waals surface area contributed by atoms with Gasteiger partial charge in [-0.1, -0.05) is 12.1 Å². The molecule has 1 amide bonds. The molecule has 2 heterocycles. The van der Waals surface area contributed by atoms with Crippen LogP contribution in [0.5, 0.6) is 11.5 Å². The number of hydrogen-bond acceptors (Lipinski definition) is 4. The van der Waals surface area contributed by atoms with Gasteiger partial charge in [0.15, 0.2) is 6.61 Å². The lowest BCUT2D eigenvalue weighted by Crippen LogP contribution is -2.48. The summed E-state index contributed by atoms with van der Waals surface area (Å²) < 4.78 is 43.3. The van der Waals surface area contributed by atoms with Gasteiger partial charge in [-0.2, -0.15) is 13.2 Å². The Morgan fingerprint density at radius 3 is 2.38 bits per heavy atom. The van der Waals surface area contributed by atoms with Gasteiger partial charge < -0.3 is 19.3 Å². The van der Waals surface area contributed by atoms with E-state index in [-0.39, 0.29) is 17.4 Å². The largest absolute Gasteiger partial charge is 0.508 e. The summed E-state index contributed by atoms with van der Waals surface area (Å²) in [6.45, 7) is 1.90. The fourth-order valence-electron chi connectivity index (χ4n) is 3.91. The zero-order valence-electron chi connectivity index (χ0n) is 17.6. The van der Waals surface area contributed by atoms with Crippen LogP contribution in [0.25, 0.3) is 10.9 Å². The van der Waals surface area contributed by atoms with Crippen LogP contribution in [-0.2, 0) is 13.6 Å². The molecule has 0 spiro atoms. The van der Waals surface area contributed by atoms with Crippen LogP contribution in [-0.4, -0.2) is 64.3 Å². The van der Waals surface area contributed by atoms with Crippen LogP contribution in [0.2, 0.25) is 0 Å². The van der Waals surface area contributed by atoms with E-state index in [1.807, 2.05) is 18.0 Å². The molecule has 1 fully saturated rings. The van der Waals surface area contributed by atoms with Gasteiger partial charge in [0.1, 0.15) is 17.2 Å². The second-order valence-corrected chi connectivity index (χ2v) is 7.95. The highest BCUT2D eigenvalue weighted by Gasteiger charge is 2.28. The summed E-state index contributed by atoms with van der Waals surface area (Å²) in [7, 11) is 1.81. The molecule has 0 saturated carbocycles. The standard InChI is InChI=1S/C23H24F3N3O3/c1-27-20-13-18(30)5-4-17(20)12-21(27)22(31)29-10-8-28(9-11-29)14-16-2-6-19(7-3-16)32-15-23(24,25)26/h2-7,12-13,30H,8-11,14-15H2,1H3. The summed E-state index contributed by atoms with van der Waals surface area (Å²) in [6.07, 6.45) is -4.36. The van der Waals surface area contributed by atoms with Crippen LogP contribution in [0.3, 0.4) is 0 Å². The smallest absolute Gasteiger partial charge is 0.422 e. The number of alkyl halides is 3. The van der Waals surface area contributed by atoms with Gasteiger partial charge in [0, 0.05) is 51.2 Å². The maximum Gasteiger partial charge on any atom is 0.422 e. The molecule has 1 saturated heterocycles. The fraction of sp³-hybridized carbons (Fsp3) is 0.348. The molecule has 1 N–H and O–H groups in total. The number of aromatic nitrogens is 1. The maximum absolute atomic E-state index is 13.0. The van der Waals surface area contributed by atoms with Crippen molar-refractivity contribution in [1.82, 2.24) is 14.4 Å². The van der Waals surface area contributed by atoms with Gasteiger partial charge in [0.05, 0.1) is 5.52 Å². The van der Waals surface area contributed by atoms with Crippen LogP contribution >= 0.6 is 0 Å². The first-order chi connectivity index (χ1) is 15.2. The lowest BCUT2D eigenvalue weighted by Gasteiger charge is -2.34. The van der Waals surface area contributed by atoms with Gasteiger partial charge in [-0.25, -0.2) is 0 Å². The first-order valence-corrected chi connectivity index (χ1v) is 10.3. The van der Waals surface area contributed by atoms with Gasteiger partial charge >= 0.3 is 6.18 Å². The molecular weight excluding hydrogens is 423 g/mol. The normalized spacial score (nSPS) is 15.3. The molecule has 0 bridgehead atoms. The second kappa shape index (κ2) is 8.74. The van der Waals surface area contributed by atoms with E-state index in [0.717, 1.165) is 16.5 Å². The Balaban J connectivity index is 1.32. The quantitative estimate of drug-likeness (QED) is 0.647. The number of fused-ring (bicyclic) bond motifs is 1. The van der Waals surface area contributed by atoms with Crippen molar-refractivity contribution in [3.05, 3.63) is 59.8 Å². The lowest BCUT2D eigenvalue weighted by atomic mass is 10.2. The molecule has 170 valence electrons. The number of hydrogen-bond donors (Lipinski definition) is 1. The Morgan fingerprint density at radius 1 is 1.03 bits per heavy atom. The molecule has 0 radical (unpaired) electrons. The Labute approximate surface area is 183 Å². The number of nitrogens with zero attached hydrogens (tertiary/aromatic N) is 3. The summed E-state index contributed by atoms with van der Waals surface area (Å²) in [5, 5.41) is 10.6. The Kier molecular flexibility index (Phi) is 6.01. The molecule has 3 aromatic rings. The van der Waals surface area contributed by atoms with Crippen molar-refractivity contribution in [1.29, 1.82) is 0 Å². The molecule has 2 aromatic carbocycles. The summed E-state index contributed by atoms with van der Waals surface area (Å²) in [4.78, 5) is 17.1. The fourth-order valence-corrected chi connectivity index (χ4v) is 3.91. The van der Waals surface area contributed by atoms with Crippen LogP contribution in [0, 0.1) is 0 Å². The molecule has 6 nitrogen and oxygen atoms in total. The monoisotopic (exact) mass is 447 g/mol. The number of benzene rings is 2. The van der Waals surface area contributed by atoms with E-state index in [0.29, 0.717) is 38.4 Å². The van der Waals surface area contributed by atoms with E-state index in [1.54, 1.807) is 47.0 Å². The highest BCUT2D eigenvalue weighted by Crippen LogP contribution is 2.24. The minimum atomic E-state index is -4.36. The van der Waals surface area contributed by atoms with Crippen LogP contribution < -0.4 is 4.74 Å². The number of piperazine rings is 1. The average Bonchev–Trinajstić information content (AvgIpc) is 3.08. The Bertz CT molecular complexity index is 1100. The predicted octanol–water partition coefficient (Wildman–Crippen LogP) is 3.78. The molecule has 32 heavy (non-hydrogen) atoms. The van der Waals surface area contributed by atoms with Gasteiger partial charge in [0.2, 0.25) is 0 Å². The highest BCUT2D eigenvalue weighted by molar-refractivity contribution is 5.99. The van der Waals surface area contributed by atoms with Crippen molar-refractivity contribution >= 4 is 16.8 Å². The van der Waals surface area contributed by atoms with E-state index in [1.165, 1.54) is 0 Å². The van der Waals surface area contributed by atoms with E-state index in [2.05, 4.69) is 4.90 Å². The van der Waals surface area contributed by atoms with E-state index >= 15 is 0 Å². The molecule has 1 aliphatic heterocycles. The SMILES string of the molecule is Cn1c(C(=O)N2CCN(Cc3ccc(OCC(F)(F)F)cc3)CC2)cc2ccc(O)cc21. The average molecular weight is 447 g/mol. The molecule has 1 aromatic heterocycles. The van der Waals surface area contributed by atoms with Crippen LogP contribution in [0.4, 0.5) is 13.2 Å². The molecule has 0 unspecified atom stereocenters.